The van der Waals surface area contributed by atoms with Crippen molar-refractivity contribution in [2.24, 2.45) is 0 Å². The summed E-state index contributed by atoms with van der Waals surface area (Å²) in [4.78, 5) is 25.0. The molecule has 3 heterocycles. The summed E-state index contributed by atoms with van der Waals surface area (Å²) in [6, 6.07) is 0.278. The van der Waals surface area contributed by atoms with Crippen LogP contribution in [-0.2, 0) is 11.3 Å². The lowest BCUT2D eigenvalue weighted by atomic mass is 9.87. The molecule has 4 rings (SSSR count). The second-order valence-electron chi connectivity index (χ2n) is 6.82. The fourth-order valence-corrected chi connectivity index (χ4v) is 4.21. The summed E-state index contributed by atoms with van der Waals surface area (Å²) in [5, 5.41) is 10.3. The summed E-state index contributed by atoms with van der Waals surface area (Å²) in [5.74, 6) is 0.402. The Kier molecular flexibility index (Phi) is 3.58. The van der Waals surface area contributed by atoms with Gasteiger partial charge in [0, 0.05) is 30.1 Å². The molecule has 0 bridgehead atoms. The molecule has 0 spiro atoms. The molecular weight excluding hydrogens is 306 g/mol. The molecule has 0 unspecified atom stereocenters. The van der Waals surface area contributed by atoms with E-state index in [0.29, 0.717) is 17.8 Å². The van der Waals surface area contributed by atoms with Crippen LogP contribution in [0.25, 0.3) is 0 Å². The summed E-state index contributed by atoms with van der Waals surface area (Å²) in [6.07, 6.45) is 6.52. The van der Waals surface area contributed by atoms with Crippen LogP contribution in [0.1, 0.15) is 67.8 Å². The lowest BCUT2D eigenvalue weighted by Gasteiger charge is -2.24. The van der Waals surface area contributed by atoms with Crippen molar-refractivity contribution >= 4 is 11.7 Å². The molecule has 0 radical (unpaired) electrons. The summed E-state index contributed by atoms with van der Waals surface area (Å²) >= 11 is 0. The second kappa shape index (κ2) is 5.65. The molecule has 0 aromatic carbocycles. The van der Waals surface area contributed by atoms with Gasteiger partial charge in [0.25, 0.3) is 5.56 Å². The molecule has 1 aliphatic heterocycles. The molecule has 1 atom stereocenters. The third-order valence-electron chi connectivity index (χ3n) is 5.46. The van der Waals surface area contributed by atoms with E-state index in [-0.39, 0.29) is 23.4 Å². The van der Waals surface area contributed by atoms with Crippen molar-refractivity contribution in [3.63, 3.8) is 0 Å². The van der Waals surface area contributed by atoms with E-state index in [9.17, 15) is 9.59 Å². The molecule has 1 saturated carbocycles. The van der Waals surface area contributed by atoms with Gasteiger partial charge in [0.2, 0.25) is 5.91 Å². The highest BCUT2D eigenvalue weighted by molar-refractivity contribution is 5.94. The number of rotatable bonds is 3. The lowest BCUT2D eigenvalue weighted by Crippen LogP contribution is -2.27. The van der Waals surface area contributed by atoms with E-state index in [4.69, 9.17) is 0 Å². The van der Waals surface area contributed by atoms with Crippen LogP contribution in [0.15, 0.2) is 11.0 Å². The molecule has 0 saturated heterocycles. The monoisotopic (exact) mass is 329 g/mol. The third-order valence-corrected chi connectivity index (χ3v) is 5.46. The minimum Gasteiger partial charge on any atom is -0.311 e. The molecule has 1 amide bonds. The zero-order chi connectivity index (χ0) is 16.8. The van der Waals surface area contributed by atoms with Crippen molar-refractivity contribution in [2.45, 2.75) is 64.5 Å². The second-order valence-corrected chi connectivity index (χ2v) is 6.82. The predicted molar refractivity (Wildman–Crippen MR) is 90.3 cm³/mol. The number of hydrogen-bond donors (Lipinski definition) is 2. The summed E-state index contributed by atoms with van der Waals surface area (Å²) in [6.45, 7) is 4.81. The fourth-order valence-electron chi connectivity index (χ4n) is 4.21. The number of anilines is 1. The van der Waals surface area contributed by atoms with Crippen LogP contribution in [0.3, 0.4) is 0 Å². The average molecular weight is 329 g/mol. The van der Waals surface area contributed by atoms with Crippen molar-refractivity contribution in [1.82, 2.24) is 19.6 Å². The van der Waals surface area contributed by atoms with Gasteiger partial charge in [-0.3, -0.25) is 24.1 Å². The van der Waals surface area contributed by atoms with Crippen LogP contribution in [0, 0.1) is 6.92 Å². The van der Waals surface area contributed by atoms with Gasteiger partial charge in [-0.05, 0) is 26.7 Å². The Morgan fingerprint density at radius 2 is 2.04 bits per heavy atom. The van der Waals surface area contributed by atoms with Gasteiger partial charge in [0.15, 0.2) is 0 Å². The summed E-state index contributed by atoms with van der Waals surface area (Å²) < 4.78 is 3.80. The van der Waals surface area contributed by atoms with Gasteiger partial charge in [0.05, 0.1) is 17.8 Å². The van der Waals surface area contributed by atoms with Gasteiger partial charge < -0.3 is 5.32 Å². The predicted octanol–water partition coefficient (Wildman–Crippen LogP) is 2.29. The van der Waals surface area contributed by atoms with Crippen LogP contribution < -0.4 is 10.9 Å². The van der Waals surface area contributed by atoms with Gasteiger partial charge in [-0.15, -0.1) is 0 Å². The van der Waals surface area contributed by atoms with E-state index in [1.165, 1.54) is 12.8 Å². The van der Waals surface area contributed by atoms with Crippen LogP contribution in [-0.4, -0.2) is 25.5 Å². The first-order chi connectivity index (χ1) is 11.6. The molecule has 1 aliphatic carbocycles. The van der Waals surface area contributed by atoms with Crippen molar-refractivity contribution in [2.75, 3.05) is 5.32 Å². The number of nitrogens with one attached hydrogen (secondary N) is 2. The fraction of sp³-hybridized carbons (Fsp3) is 0.588. The Hall–Kier alpha value is -2.31. The normalized spacial score (nSPS) is 21.1. The number of nitrogens with zero attached hydrogens (tertiary/aromatic N) is 3. The number of fused-ring (bicyclic) bond motifs is 1. The van der Waals surface area contributed by atoms with Crippen LogP contribution in [0.5, 0.6) is 0 Å². The van der Waals surface area contributed by atoms with Crippen LogP contribution >= 0.6 is 0 Å². The highest BCUT2D eigenvalue weighted by Crippen LogP contribution is 2.39. The van der Waals surface area contributed by atoms with Gasteiger partial charge in [-0.1, -0.05) is 12.8 Å². The van der Waals surface area contributed by atoms with Crippen molar-refractivity contribution in [1.29, 1.82) is 0 Å². The summed E-state index contributed by atoms with van der Waals surface area (Å²) in [7, 11) is 0. The van der Waals surface area contributed by atoms with Crippen LogP contribution in [0.4, 0.5) is 5.82 Å². The van der Waals surface area contributed by atoms with Crippen molar-refractivity contribution in [3.05, 3.63) is 33.4 Å². The number of H-pyrrole nitrogens is 1. The van der Waals surface area contributed by atoms with E-state index < -0.39 is 0 Å². The number of carbonyl (C=O) groups excluding carboxylic acids is 1. The molecule has 7 heteroatoms. The largest absolute Gasteiger partial charge is 0.311 e. The number of aromatic amines is 1. The zero-order valence-corrected chi connectivity index (χ0v) is 14.1. The first kappa shape index (κ1) is 15.2. The minimum atomic E-state index is -0.222. The van der Waals surface area contributed by atoms with Crippen molar-refractivity contribution in [3.8, 4) is 0 Å². The van der Waals surface area contributed by atoms with Crippen LogP contribution in [0.2, 0.25) is 0 Å². The molecule has 2 aliphatic rings. The third kappa shape index (κ3) is 2.22. The maximum absolute atomic E-state index is 12.7. The van der Waals surface area contributed by atoms with E-state index in [0.717, 1.165) is 30.6 Å². The zero-order valence-electron chi connectivity index (χ0n) is 14.1. The lowest BCUT2D eigenvalue weighted by molar-refractivity contribution is -0.116. The Labute approximate surface area is 140 Å². The van der Waals surface area contributed by atoms with E-state index >= 15 is 0 Å². The Bertz CT molecular complexity index is 838. The van der Waals surface area contributed by atoms with E-state index in [2.05, 4.69) is 15.5 Å². The molecule has 2 N–H and O–H groups in total. The Morgan fingerprint density at radius 1 is 1.29 bits per heavy atom. The highest BCUT2D eigenvalue weighted by Gasteiger charge is 2.36. The first-order valence-corrected chi connectivity index (χ1v) is 8.76. The van der Waals surface area contributed by atoms with E-state index in [1.54, 1.807) is 6.20 Å². The molecule has 128 valence electrons. The molecule has 2 aromatic heterocycles. The topological polar surface area (TPSA) is 84.7 Å². The number of aryl methyl sites for hydroxylation is 1. The Balaban J connectivity index is 1.83. The van der Waals surface area contributed by atoms with Gasteiger partial charge in [0.1, 0.15) is 5.82 Å². The SMILES string of the molecule is CCn1ncc([C@H]2CC(=O)Nc3c2c(=O)[nH]n3C2CCCC2)c1C. The first-order valence-electron chi connectivity index (χ1n) is 8.76. The van der Waals surface area contributed by atoms with Gasteiger partial charge in [-0.2, -0.15) is 5.10 Å². The quantitative estimate of drug-likeness (QED) is 0.906. The Morgan fingerprint density at radius 3 is 2.71 bits per heavy atom. The smallest absolute Gasteiger partial charge is 0.270 e. The molecule has 1 fully saturated rings. The number of aromatic nitrogens is 4. The van der Waals surface area contributed by atoms with Crippen molar-refractivity contribution < 1.29 is 4.79 Å². The van der Waals surface area contributed by atoms with E-state index in [1.807, 2.05) is 23.2 Å². The van der Waals surface area contributed by atoms with Gasteiger partial charge >= 0.3 is 0 Å². The molecule has 2 aromatic rings. The maximum Gasteiger partial charge on any atom is 0.270 e. The number of amides is 1. The molecular formula is C17H23N5O2. The average Bonchev–Trinajstić information content (AvgIpc) is 3.26. The molecule has 24 heavy (non-hydrogen) atoms. The number of hydrogen-bond acceptors (Lipinski definition) is 3. The standard InChI is InChI=1S/C17H23N5O2/c1-3-21-10(2)13(9-18-21)12-8-14(23)19-16-15(12)17(24)20-22(16)11-6-4-5-7-11/h9,11-12H,3-8H2,1-2H3,(H,19,23)(H,20,24)/t12-/m1/s1. The van der Waals surface area contributed by atoms with Gasteiger partial charge in [-0.25, -0.2) is 0 Å². The summed E-state index contributed by atoms with van der Waals surface area (Å²) in [5.41, 5.74) is 2.59. The molecule has 7 nitrogen and oxygen atoms in total. The highest BCUT2D eigenvalue weighted by atomic mass is 16.2. The maximum atomic E-state index is 12.7. The minimum absolute atomic E-state index is 0.0399. The number of carbonyl (C=O) groups is 1.